The smallest absolute Gasteiger partial charge is 0.320 e. The van der Waals surface area contributed by atoms with Gasteiger partial charge in [-0.1, -0.05) is 6.07 Å². The van der Waals surface area contributed by atoms with E-state index in [4.69, 9.17) is 0 Å². The first kappa shape index (κ1) is 15.0. The van der Waals surface area contributed by atoms with Gasteiger partial charge in [-0.05, 0) is 24.6 Å². The minimum absolute atomic E-state index is 0.173. The maximum atomic E-state index is 12.7. The Hall–Kier alpha value is -2.90. The molecule has 118 valence electrons. The number of benzene rings is 1. The number of aromatic amines is 1. The minimum Gasteiger partial charge on any atom is -0.320 e. The molecule has 2 N–H and O–H groups in total. The van der Waals surface area contributed by atoms with Gasteiger partial charge in [0.15, 0.2) is 0 Å². The van der Waals surface area contributed by atoms with Crippen LogP contribution in [0.4, 0.5) is 18.9 Å². The molecular formula is C15H11F3N4O. The predicted molar refractivity (Wildman–Crippen MR) is 78.0 cm³/mol. The molecule has 2 aromatic heterocycles. The van der Waals surface area contributed by atoms with Gasteiger partial charge < -0.3 is 5.32 Å². The lowest BCUT2D eigenvalue weighted by molar-refractivity contribution is -0.137. The van der Waals surface area contributed by atoms with Crippen LogP contribution in [-0.4, -0.2) is 21.1 Å². The van der Waals surface area contributed by atoms with Gasteiger partial charge in [0.2, 0.25) is 0 Å². The first-order valence-corrected chi connectivity index (χ1v) is 6.62. The van der Waals surface area contributed by atoms with E-state index in [1.807, 2.05) is 6.92 Å². The summed E-state index contributed by atoms with van der Waals surface area (Å²) in [4.78, 5) is 15.7. The Kier molecular flexibility index (Phi) is 3.51. The van der Waals surface area contributed by atoms with E-state index in [9.17, 15) is 18.0 Å². The number of carbonyl (C=O) groups excluding carboxylic acids is 1. The van der Waals surface area contributed by atoms with Crippen LogP contribution in [0.25, 0.3) is 10.9 Å². The number of halogens is 3. The highest BCUT2D eigenvalue weighted by Gasteiger charge is 2.31. The third-order valence-corrected chi connectivity index (χ3v) is 3.41. The van der Waals surface area contributed by atoms with Crippen molar-refractivity contribution >= 4 is 22.5 Å². The van der Waals surface area contributed by atoms with E-state index < -0.39 is 17.6 Å². The minimum atomic E-state index is -4.55. The first-order valence-electron chi connectivity index (χ1n) is 6.62. The van der Waals surface area contributed by atoms with Gasteiger partial charge in [0, 0.05) is 17.8 Å². The Labute approximate surface area is 128 Å². The third-order valence-electron chi connectivity index (χ3n) is 3.41. The van der Waals surface area contributed by atoms with Crippen LogP contribution in [0.3, 0.4) is 0 Å². The van der Waals surface area contributed by atoms with Gasteiger partial charge in [-0.15, -0.1) is 0 Å². The molecule has 2 heterocycles. The second-order valence-electron chi connectivity index (χ2n) is 5.00. The van der Waals surface area contributed by atoms with E-state index in [1.54, 1.807) is 18.3 Å². The fourth-order valence-corrected chi connectivity index (χ4v) is 2.19. The van der Waals surface area contributed by atoms with Crippen LogP contribution >= 0.6 is 0 Å². The van der Waals surface area contributed by atoms with E-state index >= 15 is 0 Å². The average Bonchev–Trinajstić information content (AvgIpc) is 3.00. The maximum Gasteiger partial charge on any atom is 0.417 e. The molecule has 1 aromatic carbocycles. The molecule has 23 heavy (non-hydrogen) atoms. The van der Waals surface area contributed by atoms with E-state index in [-0.39, 0.29) is 5.56 Å². The molecule has 3 aromatic rings. The van der Waals surface area contributed by atoms with Crippen molar-refractivity contribution < 1.29 is 18.0 Å². The molecular weight excluding hydrogens is 309 g/mol. The number of anilines is 1. The van der Waals surface area contributed by atoms with Gasteiger partial charge >= 0.3 is 6.18 Å². The standard InChI is InChI=1S/C15H11F3N4O/c1-8-2-3-12(13-11(8)7-20-22-13)21-14(23)9-4-10(6-19-5-9)15(16,17)18/h2-7H,1H3,(H,20,22)(H,21,23). The van der Waals surface area contributed by atoms with Crippen molar-refractivity contribution in [2.45, 2.75) is 13.1 Å². The molecule has 1 amide bonds. The Morgan fingerprint density at radius 3 is 2.74 bits per heavy atom. The number of amides is 1. The summed E-state index contributed by atoms with van der Waals surface area (Å²) in [5, 5.41) is 10.1. The highest BCUT2D eigenvalue weighted by Crippen LogP contribution is 2.29. The second-order valence-corrected chi connectivity index (χ2v) is 5.00. The van der Waals surface area contributed by atoms with Crippen LogP contribution in [0.2, 0.25) is 0 Å². The Morgan fingerprint density at radius 2 is 2.00 bits per heavy atom. The van der Waals surface area contributed by atoms with E-state index in [1.165, 1.54) is 0 Å². The summed E-state index contributed by atoms with van der Waals surface area (Å²) in [5.41, 5.74) is 0.866. The molecule has 5 nitrogen and oxygen atoms in total. The van der Waals surface area contributed by atoms with Gasteiger partial charge in [0.1, 0.15) is 0 Å². The first-order chi connectivity index (χ1) is 10.9. The quantitative estimate of drug-likeness (QED) is 0.759. The number of hydrogen-bond donors (Lipinski definition) is 2. The molecule has 0 atom stereocenters. The van der Waals surface area contributed by atoms with Gasteiger partial charge in [-0.25, -0.2) is 0 Å². The highest BCUT2D eigenvalue weighted by molar-refractivity contribution is 6.08. The van der Waals surface area contributed by atoms with Gasteiger partial charge in [-0.2, -0.15) is 18.3 Å². The number of rotatable bonds is 2. The monoisotopic (exact) mass is 320 g/mol. The number of carbonyl (C=O) groups is 1. The normalized spacial score (nSPS) is 11.7. The summed E-state index contributed by atoms with van der Waals surface area (Å²) in [6, 6.07) is 4.22. The van der Waals surface area contributed by atoms with Crippen molar-refractivity contribution in [3.05, 3.63) is 53.5 Å². The molecule has 0 radical (unpaired) electrons. The Morgan fingerprint density at radius 1 is 1.22 bits per heavy atom. The highest BCUT2D eigenvalue weighted by atomic mass is 19.4. The Balaban J connectivity index is 1.92. The largest absolute Gasteiger partial charge is 0.417 e. The fourth-order valence-electron chi connectivity index (χ4n) is 2.19. The molecule has 0 aliphatic rings. The lowest BCUT2D eigenvalue weighted by Crippen LogP contribution is -2.15. The molecule has 0 unspecified atom stereocenters. The number of alkyl halides is 3. The Bertz CT molecular complexity index is 886. The summed E-state index contributed by atoms with van der Waals surface area (Å²) in [6.07, 6.45) is -1.17. The van der Waals surface area contributed by atoms with E-state index in [2.05, 4.69) is 20.5 Å². The SMILES string of the molecule is Cc1ccc(NC(=O)c2cncc(C(F)(F)F)c2)c2[nH]ncc12. The summed E-state index contributed by atoms with van der Waals surface area (Å²) in [5.74, 6) is -0.677. The van der Waals surface area contributed by atoms with Crippen LogP contribution in [0.5, 0.6) is 0 Å². The molecule has 0 aliphatic carbocycles. The third kappa shape index (κ3) is 2.87. The molecule has 0 saturated carbocycles. The van der Waals surface area contributed by atoms with Crippen molar-refractivity contribution in [1.29, 1.82) is 0 Å². The van der Waals surface area contributed by atoms with E-state index in [0.717, 1.165) is 23.2 Å². The van der Waals surface area contributed by atoms with Gasteiger partial charge in [0.25, 0.3) is 5.91 Å². The molecule has 8 heteroatoms. The van der Waals surface area contributed by atoms with Crippen molar-refractivity contribution in [2.75, 3.05) is 5.32 Å². The number of H-pyrrole nitrogens is 1. The number of hydrogen-bond acceptors (Lipinski definition) is 3. The summed E-state index contributed by atoms with van der Waals surface area (Å²) in [7, 11) is 0. The van der Waals surface area contributed by atoms with Crippen molar-refractivity contribution in [2.24, 2.45) is 0 Å². The fraction of sp³-hybridized carbons (Fsp3) is 0.133. The zero-order valence-corrected chi connectivity index (χ0v) is 11.9. The topological polar surface area (TPSA) is 70.7 Å². The van der Waals surface area contributed by atoms with Crippen LogP contribution < -0.4 is 5.32 Å². The van der Waals surface area contributed by atoms with Crippen molar-refractivity contribution in [3.8, 4) is 0 Å². The molecule has 0 spiro atoms. The lowest BCUT2D eigenvalue weighted by Gasteiger charge is -2.09. The van der Waals surface area contributed by atoms with Gasteiger partial charge in [0.05, 0.1) is 28.5 Å². The van der Waals surface area contributed by atoms with Crippen LogP contribution in [0, 0.1) is 6.92 Å². The molecule has 0 saturated heterocycles. The number of nitrogens with zero attached hydrogens (tertiary/aromatic N) is 2. The predicted octanol–water partition coefficient (Wildman–Crippen LogP) is 3.54. The van der Waals surface area contributed by atoms with Crippen molar-refractivity contribution in [1.82, 2.24) is 15.2 Å². The zero-order valence-electron chi connectivity index (χ0n) is 11.9. The van der Waals surface area contributed by atoms with Crippen LogP contribution in [-0.2, 0) is 6.18 Å². The number of aryl methyl sites for hydroxylation is 1. The van der Waals surface area contributed by atoms with Gasteiger partial charge in [-0.3, -0.25) is 14.9 Å². The molecule has 0 bridgehead atoms. The number of fused-ring (bicyclic) bond motifs is 1. The summed E-state index contributed by atoms with van der Waals surface area (Å²) >= 11 is 0. The van der Waals surface area contributed by atoms with Crippen LogP contribution in [0.15, 0.2) is 36.8 Å². The summed E-state index contributed by atoms with van der Waals surface area (Å²) < 4.78 is 38.1. The second kappa shape index (κ2) is 5.38. The molecule has 0 aliphatic heterocycles. The molecule has 3 rings (SSSR count). The average molecular weight is 320 g/mol. The lowest BCUT2D eigenvalue weighted by atomic mass is 10.1. The van der Waals surface area contributed by atoms with E-state index in [0.29, 0.717) is 17.4 Å². The zero-order chi connectivity index (χ0) is 16.6. The number of pyridine rings is 1. The maximum absolute atomic E-state index is 12.7. The van der Waals surface area contributed by atoms with Crippen LogP contribution in [0.1, 0.15) is 21.5 Å². The summed E-state index contributed by atoms with van der Waals surface area (Å²) in [6.45, 7) is 1.89. The number of nitrogens with one attached hydrogen (secondary N) is 2. The van der Waals surface area contributed by atoms with Crippen molar-refractivity contribution in [3.63, 3.8) is 0 Å². The number of aromatic nitrogens is 3. The molecule has 0 fully saturated rings.